The maximum absolute atomic E-state index is 9.51. The first-order valence-corrected chi connectivity index (χ1v) is 18.5. The van der Waals surface area contributed by atoms with Gasteiger partial charge in [-0.15, -0.1) is 0 Å². The number of aromatic nitrogens is 8. The van der Waals surface area contributed by atoms with Gasteiger partial charge in [0, 0.05) is 62.8 Å². The summed E-state index contributed by atoms with van der Waals surface area (Å²) in [7, 11) is 3.40. The van der Waals surface area contributed by atoms with Crippen molar-refractivity contribution in [3.8, 4) is 17.1 Å². The maximum Gasteiger partial charge on any atom is 1.00 e. The summed E-state index contributed by atoms with van der Waals surface area (Å²) in [5.41, 5.74) is 7.37. The molecular formula is C31H32Cl4N8NaO5P. The molecule has 0 radical (unpaired) electrons. The number of fused-ring (bicyclic) bond motifs is 4. The van der Waals surface area contributed by atoms with E-state index in [9.17, 15) is 4.57 Å². The van der Waals surface area contributed by atoms with E-state index >= 15 is 0 Å². The summed E-state index contributed by atoms with van der Waals surface area (Å²) in [5.74, 6) is 0.833. The molecule has 8 rings (SSSR count). The Kier molecular flexibility index (Phi) is 21.4. The van der Waals surface area contributed by atoms with Gasteiger partial charge in [-0.05, 0) is 88.3 Å². The van der Waals surface area contributed by atoms with Crippen molar-refractivity contribution in [3.05, 3.63) is 115 Å². The van der Waals surface area contributed by atoms with Gasteiger partial charge in [-0.25, -0.2) is 0 Å². The standard InChI is InChI=1S/C8H8N2O.C7H5ClN2.C7H6N2O.C7H6N2.CH4O.CH3O.Cl3OP.Na/c1-11-7-3-5-9-6-2-4-10-8(6)7;8-5-1-3-9-6-2-4-10-7(5)6;10-9-5-1-2-6-7(9)3-4-8-6;1-2-6-7(8-4-1)3-5-9-6;2*1-2;1-5(2,3)4;/h2-5,10H,1H3;1-4,10H;1-5,10H;1-5,9H;2H,1H3;1H3;;/q;;;;;-1;;+1. The van der Waals surface area contributed by atoms with Gasteiger partial charge in [-0.1, -0.05) is 11.6 Å². The van der Waals surface area contributed by atoms with Crippen LogP contribution in [0.15, 0.2) is 110 Å². The van der Waals surface area contributed by atoms with Crippen LogP contribution in [-0.2, 0) is 4.57 Å². The van der Waals surface area contributed by atoms with Crippen molar-refractivity contribution in [2.45, 2.75) is 0 Å². The molecule has 6 aromatic heterocycles. The van der Waals surface area contributed by atoms with Crippen LogP contribution in [0.2, 0.25) is 5.02 Å². The fourth-order valence-corrected chi connectivity index (χ4v) is 4.08. The number of aliphatic hydroxyl groups excluding tert-OH is 1. The third-order valence-electron chi connectivity index (χ3n) is 5.78. The molecule has 0 unspecified atom stereocenters. The summed E-state index contributed by atoms with van der Waals surface area (Å²) in [6.45, 7) is 0. The summed E-state index contributed by atoms with van der Waals surface area (Å²) in [6.07, 6.45) is 14.0. The van der Waals surface area contributed by atoms with Crippen molar-refractivity contribution in [2.24, 2.45) is 0 Å². The molecule has 0 bridgehead atoms. The number of nitrogens with zero attached hydrogens (tertiary/aromatic N) is 5. The molecule has 19 heteroatoms. The Bertz CT molecular complexity index is 2060. The number of nitrogens with one attached hydrogen (secondary N) is 3. The molecule has 50 heavy (non-hydrogen) atoms. The van der Waals surface area contributed by atoms with Gasteiger partial charge in [0.15, 0.2) is 0 Å². The van der Waals surface area contributed by atoms with Crippen LogP contribution in [0.1, 0.15) is 0 Å². The second-order valence-corrected chi connectivity index (χ2v) is 15.7. The average molecular weight is 792 g/mol. The van der Waals surface area contributed by atoms with Gasteiger partial charge < -0.3 is 35.1 Å². The molecule has 0 saturated carbocycles. The zero-order chi connectivity index (χ0) is 36.2. The number of hydrogen-bond donors (Lipinski definition) is 5. The molecule has 6 aromatic rings. The summed E-state index contributed by atoms with van der Waals surface area (Å²) in [5, 5.41) is 21.9. The number of H-pyrrole nitrogens is 3. The summed E-state index contributed by atoms with van der Waals surface area (Å²) >= 11 is 19.7. The molecule has 0 aromatic carbocycles. The van der Waals surface area contributed by atoms with Crippen LogP contribution in [0, 0.1) is 0 Å². The Morgan fingerprint density at radius 2 is 1.28 bits per heavy atom. The monoisotopic (exact) mass is 790 g/mol. The van der Waals surface area contributed by atoms with Gasteiger partial charge in [0.25, 0.3) is 0 Å². The Morgan fingerprint density at radius 3 is 1.88 bits per heavy atom. The number of halogens is 4. The van der Waals surface area contributed by atoms with Crippen LogP contribution in [0.25, 0.3) is 44.5 Å². The van der Waals surface area contributed by atoms with E-state index in [1.54, 1.807) is 56.3 Å². The predicted octanol–water partition coefficient (Wildman–Crippen LogP) is 4.98. The quantitative estimate of drug-likeness (QED) is 0.0867. The van der Waals surface area contributed by atoms with Gasteiger partial charge in [-0.3, -0.25) is 24.5 Å². The Labute approximate surface area is 328 Å². The predicted molar refractivity (Wildman–Crippen MR) is 195 cm³/mol. The van der Waals surface area contributed by atoms with Crippen LogP contribution in [0.3, 0.4) is 0 Å². The van der Waals surface area contributed by atoms with E-state index < -0.39 is 5.20 Å². The average Bonchev–Trinajstić information content (AvgIpc) is 3.94. The number of methoxy groups -OCH3 is 1. The zero-order valence-electron chi connectivity index (χ0n) is 27.2. The third kappa shape index (κ3) is 14.9. The van der Waals surface area contributed by atoms with Crippen LogP contribution in [0.4, 0.5) is 0 Å². The fourth-order valence-electron chi connectivity index (χ4n) is 3.87. The second-order valence-electron chi connectivity index (χ2n) is 8.66. The largest absolute Gasteiger partial charge is 1.00 e. The van der Waals surface area contributed by atoms with E-state index in [-0.39, 0.29) is 29.6 Å². The van der Waals surface area contributed by atoms with Crippen molar-refractivity contribution in [3.63, 3.8) is 0 Å². The van der Waals surface area contributed by atoms with Crippen LogP contribution in [0.5, 0.6) is 5.75 Å². The molecule has 0 amide bonds. The van der Waals surface area contributed by atoms with Crippen molar-refractivity contribution in [2.75, 3.05) is 21.3 Å². The number of pyridine rings is 4. The second kappa shape index (κ2) is 24.0. The normalized spacial score (nSPS) is 9.70. The topological polar surface area (TPSA) is 194 Å². The van der Waals surface area contributed by atoms with Gasteiger partial charge in [-0.2, -0.15) is 11.8 Å². The minimum absolute atomic E-state index is 0. The van der Waals surface area contributed by atoms with Crippen molar-refractivity contribution < 1.29 is 54.3 Å². The molecule has 260 valence electrons. The molecule has 0 saturated heterocycles. The smallest absolute Gasteiger partial charge is 0.857 e. The van der Waals surface area contributed by atoms with E-state index in [1.165, 1.54) is 0 Å². The molecular weight excluding hydrogens is 760 g/mol. The number of rotatable bonds is 1. The Morgan fingerprint density at radius 1 is 0.740 bits per heavy atom. The SMILES string of the molecule is CO.COc1ccnc2cc[nH]c12.C[O-].Clc1ccnc2cc[nH]c12.O=P(Cl)(Cl)Cl.On1cccc2nccc1-2.[Na+].c1cnc2cc[nH]c2c1. The van der Waals surface area contributed by atoms with E-state index in [1.807, 2.05) is 61.1 Å². The number of ether oxygens (including phenoxy) is 1. The first-order valence-electron chi connectivity index (χ1n) is 13.7. The number of aromatic amines is 3. The van der Waals surface area contributed by atoms with Gasteiger partial charge in [0.1, 0.15) is 17.0 Å². The van der Waals surface area contributed by atoms with Crippen LogP contribution < -0.4 is 39.4 Å². The minimum Gasteiger partial charge on any atom is -0.857 e. The Balaban J connectivity index is 0.000000308. The zero-order valence-corrected chi connectivity index (χ0v) is 33.1. The third-order valence-corrected chi connectivity index (χ3v) is 6.10. The molecule has 0 fully saturated rings. The van der Waals surface area contributed by atoms with E-state index in [4.69, 9.17) is 31.8 Å². The molecule has 5 N–H and O–H groups in total. The van der Waals surface area contributed by atoms with Crippen molar-refractivity contribution in [1.29, 1.82) is 0 Å². The van der Waals surface area contributed by atoms with Crippen molar-refractivity contribution >= 4 is 83.6 Å². The fraction of sp³-hybridized carbons (Fsp3) is 0.0968. The Hall–Kier alpha value is -3.33. The van der Waals surface area contributed by atoms with Crippen LogP contribution in [-0.4, -0.2) is 71.3 Å². The van der Waals surface area contributed by atoms with Crippen LogP contribution >= 0.6 is 50.5 Å². The first kappa shape index (κ1) is 44.7. The number of aliphatic hydroxyl groups is 1. The van der Waals surface area contributed by atoms with Gasteiger partial charge in [0.2, 0.25) is 0 Å². The molecule has 13 nitrogen and oxygen atoms in total. The minimum atomic E-state index is -3.22. The summed E-state index contributed by atoms with van der Waals surface area (Å²) in [6, 6.07) is 18.6. The van der Waals surface area contributed by atoms with E-state index in [2.05, 4.69) is 68.6 Å². The molecule has 0 aliphatic carbocycles. The van der Waals surface area contributed by atoms with Gasteiger partial charge in [0.05, 0.1) is 45.4 Å². The van der Waals surface area contributed by atoms with Gasteiger partial charge >= 0.3 is 34.8 Å². The number of hydrogen-bond acceptors (Lipinski definition) is 9. The van der Waals surface area contributed by atoms with E-state index in [0.717, 1.165) is 74.2 Å². The maximum atomic E-state index is 9.51. The molecule has 2 aliphatic heterocycles. The molecule has 8 heterocycles. The molecule has 0 atom stereocenters. The molecule has 2 aliphatic rings. The summed E-state index contributed by atoms with van der Waals surface area (Å²) < 4.78 is 15.7. The first-order chi connectivity index (χ1) is 23.6. The van der Waals surface area contributed by atoms with E-state index in [0.29, 0.717) is 0 Å². The molecule has 0 spiro atoms. The van der Waals surface area contributed by atoms with Crippen molar-refractivity contribution in [1.82, 2.24) is 39.6 Å². The summed E-state index contributed by atoms with van der Waals surface area (Å²) in [4.78, 5) is 25.4.